The molecule has 0 atom stereocenters. The molecule has 11 nitrogen and oxygen atoms in total. The van der Waals surface area contributed by atoms with Crippen LogP contribution in [0.1, 0.15) is 27.7 Å². The lowest BCUT2D eigenvalue weighted by Gasteiger charge is -2.34. The van der Waals surface area contributed by atoms with Crippen LogP contribution >= 0.6 is 0 Å². The second-order valence-electron chi connectivity index (χ2n) is 9.87. The molecule has 0 radical (unpaired) electrons. The molecule has 2 N–H and O–H groups in total. The Balaban J connectivity index is 1.75. The third-order valence-corrected chi connectivity index (χ3v) is 6.38. The van der Waals surface area contributed by atoms with E-state index in [1.165, 1.54) is 11.0 Å². The van der Waals surface area contributed by atoms with Crippen LogP contribution in [0.2, 0.25) is 0 Å². The molecule has 0 saturated carbocycles. The van der Waals surface area contributed by atoms with Crippen molar-refractivity contribution in [3.63, 3.8) is 0 Å². The number of aromatic amines is 2. The average molecular weight is 555 g/mol. The van der Waals surface area contributed by atoms with Crippen molar-refractivity contribution in [3.05, 3.63) is 24.1 Å². The van der Waals surface area contributed by atoms with Crippen LogP contribution in [0, 0.1) is 5.82 Å². The molecule has 39 heavy (non-hydrogen) atoms. The molecule has 0 aliphatic carbocycles. The number of hydrogen-bond donors (Lipinski definition) is 2. The molecular weight excluding hydrogens is 524 g/mol. The molecule has 1 aliphatic rings. The van der Waals surface area contributed by atoms with E-state index in [1.807, 2.05) is 11.9 Å². The molecule has 1 fully saturated rings. The van der Waals surface area contributed by atoms with Crippen LogP contribution in [-0.2, 0) is 9.63 Å². The number of imidazole rings is 1. The zero-order valence-electron chi connectivity index (χ0n) is 22.1. The van der Waals surface area contributed by atoms with E-state index in [-0.39, 0.29) is 22.3 Å². The van der Waals surface area contributed by atoms with Crippen LogP contribution in [0.25, 0.3) is 22.6 Å². The summed E-state index contributed by atoms with van der Waals surface area (Å²) in [6.45, 7) is 9.48. The quantitative estimate of drug-likeness (QED) is 0.363. The predicted octanol–water partition coefficient (Wildman–Crippen LogP) is 3.91. The SMILES string of the molecule is CC(C)N(C(=O)N(OC(=O)C(F)(F)F)c1cn[nH]c1-c1nc2cc(N3CCN(C)CC3)c(F)cc2[nH]1)C(C)C. The number of carbonyl (C=O) groups is 2. The van der Waals surface area contributed by atoms with Gasteiger partial charge >= 0.3 is 18.2 Å². The van der Waals surface area contributed by atoms with E-state index in [0.717, 1.165) is 19.3 Å². The maximum atomic E-state index is 15.0. The maximum Gasteiger partial charge on any atom is 0.493 e. The molecule has 0 bridgehead atoms. The first-order valence-electron chi connectivity index (χ1n) is 12.4. The third kappa shape index (κ3) is 5.77. The van der Waals surface area contributed by atoms with Gasteiger partial charge in [0.1, 0.15) is 17.2 Å². The van der Waals surface area contributed by atoms with Gasteiger partial charge in [-0.1, -0.05) is 0 Å². The summed E-state index contributed by atoms with van der Waals surface area (Å²) in [6.07, 6.45) is -4.32. The average Bonchev–Trinajstić information content (AvgIpc) is 3.48. The smallest absolute Gasteiger partial charge is 0.367 e. The second-order valence-corrected chi connectivity index (χ2v) is 9.87. The fraction of sp³-hybridized carbons (Fsp3) is 0.500. The Morgan fingerprint density at radius 1 is 1.08 bits per heavy atom. The number of likely N-dealkylation sites (N-methyl/N-ethyl adjacent to an activating group) is 1. The normalized spacial score (nSPS) is 14.9. The Kier molecular flexibility index (Phi) is 7.73. The van der Waals surface area contributed by atoms with Gasteiger partial charge in [0.25, 0.3) is 0 Å². The first-order valence-corrected chi connectivity index (χ1v) is 12.4. The largest absolute Gasteiger partial charge is 0.493 e. The minimum absolute atomic E-state index is 0.0384. The number of nitrogens with one attached hydrogen (secondary N) is 2. The van der Waals surface area contributed by atoms with Crippen molar-refractivity contribution in [2.75, 3.05) is 43.2 Å². The second kappa shape index (κ2) is 10.7. The van der Waals surface area contributed by atoms with Gasteiger partial charge in [-0.15, -0.1) is 5.06 Å². The van der Waals surface area contributed by atoms with Crippen molar-refractivity contribution in [2.24, 2.45) is 0 Å². The number of benzene rings is 1. The van der Waals surface area contributed by atoms with Crippen molar-refractivity contribution < 1.29 is 32.0 Å². The van der Waals surface area contributed by atoms with Crippen LogP contribution in [0.5, 0.6) is 0 Å². The number of alkyl halides is 3. The highest BCUT2D eigenvalue weighted by molar-refractivity contribution is 5.96. The van der Waals surface area contributed by atoms with Gasteiger partial charge in [-0.05, 0) is 40.8 Å². The van der Waals surface area contributed by atoms with E-state index < -0.39 is 36.1 Å². The van der Waals surface area contributed by atoms with Crippen LogP contribution < -0.4 is 9.96 Å². The minimum Gasteiger partial charge on any atom is -0.367 e. The Morgan fingerprint density at radius 2 is 1.72 bits per heavy atom. The summed E-state index contributed by atoms with van der Waals surface area (Å²) in [5.41, 5.74) is 0.749. The number of carbonyl (C=O) groups excluding carboxylic acids is 2. The first-order chi connectivity index (χ1) is 18.3. The van der Waals surface area contributed by atoms with Gasteiger partial charge in [0.05, 0.1) is 22.9 Å². The molecule has 3 heterocycles. The van der Waals surface area contributed by atoms with E-state index in [1.54, 1.807) is 33.8 Å². The van der Waals surface area contributed by atoms with Gasteiger partial charge in [0.2, 0.25) is 0 Å². The van der Waals surface area contributed by atoms with Crippen molar-refractivity contribution in [1.82, 2.24) is 30.0 Å². The maximum absolute atomic E-state index is 15.0. The fourth-order valence-corrected chi connectivity index (χ4v) is 4.50. The van der Waals surface area contributed by atoms with Gasteiger partial charge in [-0.3, -0.25) is 5.10 Å². The van der Waals surface area contributed by atoms with Gasteiger partial charge < -0.3 is 24.5 Å². The topological polar surface area (TPSA) is 114 Å². The van der Waals surface area contributed by atoms with E-state index >= 15 is 4.39 Å². The number of halogens is 4. The summed E-state index contributed by atoms with van der Waals surface area (Å²) in [6, 6.07) is 0.961. The summed E-state index contributed by atoms with van der Waals surface area (Å²) < 4.78 is 54.4. The van der Waals surface area contributed by atoms with Crippen LogP contribution in [0.4, 0.5) is 33.7 Å². The summed E-state index contributed by atoms with van der Waals surface area (Å²) in [5.74, 6) is -3.00. The van der Waals surface area contributed by atoms with Gasteiger partial charge in [0.15, 0.2) is 5.82 Å². The lowest BCUT2D eigenvalue weighted by Crippen LogP contribution is -2.51. The fourth-order valence-electron chi connectivity index (χ4n) is 4.50. The monoisotopic (exact) mass is 554 g/mol. The molecule has 15 heteroatoms. The molecule has 3 aromatic rings. The Hall–Kier alpha value is -3.88. The van der Waals surface area contributed by atoms with Crippen LogP contribution in [0.15, 0.2) is 18.3 Å². The van der Waals surface area contributed by atoms with E-state index in [0.29, 0.717) is 29.8 Å². The number of anilines is 2. The number of fused-ring (bicyclic) bond motifs is 1. The highest BCUT2D eigenvalue weighted by Gasteiger charge is 2.45. The molecule has 0 unspecified atom stereocenters. The van der Waals surface area contributed by atoms with E-state index in [4.69, 9.17) is 0 Å². The van der Waals surface area contributed by atoms with Gasteiger partial charge in [-0.25, -0.2) is 19.0 Å². The highest BCUT2D eigenvalue weighted by Crippen LogP contribution is 2.33. The molecule has 2 amide bonds. The number of urea groups is 1. The number of amides is 2. The molecule has 0 spiro atoms. The number of nitrogens with zero attached hydrogens (tertiary/aromatic N) is 6. The summed E-state index contributed by atoms with van der Waals surface area (Å²) in [7, 11) is 1.99. The number of aromatic nitrogens is 4. The van der Waals surface area contributed by atoms with Crippen LogP contribution in [0.3, 0.4) is 0 Å². The summed E-state index contributed by atoms with van der Waals surface area (Å²) >= 11 is 0. The number of H-pyrrole nitrogens is 2. The van der Waals surface area contributed by atoms with Gasteiger partial charge in [0, 0.05) is 44.3 Å². The van der Waals surface area contributed by atoms with Crippen LogP contribution in [-0.4, -0.2) is 93.5 Å². The molecule has 1 aliphatic heterocycles. The summed E-state index contributed by atoms with van der Waals surface area (Å²) in [4.78, 5) is 42.5. The molecular formula is C24H30F4N8O3. The lowest BCUT2D eigenvalue weighted by molar-refractivity contribution is -0.200. The Labute approximate surface area is 221 Å². The first kappa shape index (κ1) is 28.1. The van der Waals surface area contributed by atoms with Crippen molar-refractivity contribution in [2.45, 2.75) is 46.0 Å². The molecule has 4 rings (SSSR count). The molecule has 1 aromatic carbocycles. The summed E-state index contributed by atoms with van der Waals surface area (Å²) in [5, 5.41) is 6.68. The Morgan fingerprint density at radius 3 is 2.31 bits per heavy atom. The van der Waals surface area contributed by atoms with E-state index in [2.05, 4.69) is 29.9 Å². The number of hydroxylamine groups is 1. The predicted molar refractivity (Wildman–Crippen MR) is 135 cm³/mol. The Bertz CT molecular complexity index is 1340. The molecule has 2 aromatic heterocycles. The standard InChI is InChI=1S/C24H30F4N8O3/c1-13(2)35(14(3)4)23(38)36(39-22(37)24(26,27)28)19-12-29-32-20(19)21-30-16-10-15(25)18(11-17(16)31-21)34-8-6-33(5)7-9-34/h10-14H,6-9H2,1-5H3,(H,29,32)(H,30,31). The van der Waals surface area contributed by atoms with Crippen molar-refractivity contribution in [3.8, 4) is 11.5 Å². The number of piperazine rings is 1. The third-order valence-electron chi connectivity index (χ3n) is 6.38. The van der Waals surface area contributed by atoms with Gasteiger partial charge in [-0.2, -0.15) is 18.3 Å². The zero-order chi connectivity index (χ0) is 28.6. The van der Waals surface area contributed by atoms with Crippen molar-refractivity contribution in [1.29, 1.82) is 0 Å². The molecule has 1 saturated heterocycles. The molecule has 212 valence electrons. The minimum atomic E-state index is -5.36. The zero-order valence-corrected chi connectivity index (χ0v) is 22.1. The lowest BCUT2D eigenvalue weighted by atomic mass is 10.2. The number of hydrogen-bond acceptors (Lipinski definition) is 7. The highest BCUT2D eigenvalue weighted by atomic mass is 19.4. The number of rotatable bonds is 5. The van der Waals surface area contributed by atoms with E-state index in [9.17, 15) is 22.8 Å². The van der Waals surface area contributed by atoms with Crippen molar-refractivity contribution >= 4 is 34.4 Å².